The molecular formula is C23H28N4O3. The van der Waals surface area contributed by atoms with Gasteiger partial charge in [0.25, 0.3) is 11.5 Å². The van der Waals surface area contributed by atoms with Crippen LogP contribution in [0.2, 0.25) is 0 Å². The zero-order valence-electron chi connectivity index (χ0n) is 17.3. The highest BCUT2D eigenvalue weighted by Gasteiger charge is 2.54. The fourth-order valence-electron chi connectivity index (χ4n) is 6.46. The van der Waals surface area contributed by atoms with Crippen molar-refractivity contribution < 1.29 is 9.59 Å². The van der Waals surface area contributed by atoms with Crippen molar-refractivity contribution in [2.75, 3.05) is 0 Å². The van der Waals surface area contributed by atoms with Crippen LogP contribution in [0.3, 0.4) is 0 Å². The minimum absolute atomic E-state index is 0.0684. The van der Waals surface area contributed by atoms with Crippen LogP contribution in [0.5, 0.6) is 0 Å². The van der Waals surface area contributed by atoms with E-state index in [1.807, 2.05) is 6.92 Å². The summed E-state index contributed by atoms with van der Waals surface area (Å²) in [7, 11) is 0. The van der Waals surface area contributed by atoms with Gasteiger partial charge >= 0.3 is 0 Å². The number of nitrogens with zero attached hydrogens (tertiary/aromatic N) is 2. The Labute approximate surface area is 175 Å². The van der Waals surface area contributed by atoms with Crippen molar-refractivity contribution in [3.63, 3.8) is 0 Å². The number of carbonyl (C=O) groups excluding carboxylic acids is 2. The predicted molar refractivity (Wildman–Crippen MR) is 113 cm³/mol. The van der Waals surface area contributed by atoms with Gasteiger partial charge < -0.3 is 0 Å². The quantitative estimate of drug-likeness (QED) is 0.761. The van der Waals surface area contributed by atoms with Gasteiger partial charge in [0.15, 0.2) is 5.69 Å². The number of fused-ring (bicyclic) bond motifs is 1. The number of amides is 2. The summed E-state index contributed by atoms with van der Waals surface area (Å²) in [6.45, 7) is 2.39. The van der Waals surface area contributed by atoms with E-state index in [-0.39, 0.29) is 22.6 Å². The van der Waals surface area contributed by atoms with Crippen LogP contribution in [0.25, 0.3) is 10.8 Å². The number of hydrazine groups is 1. The zero-order chi connectivity index (χ0) is 20.9. The number of benzene rings is 1. The Kier molecular flexibility index (Phi) is 4.64. The highest BCUT2D eigenvalue weighted by molar-refractivity contribution is 6.05. The van der Waals surface area contributed by atoms with Crippen LogP contribution in [-0.2, 0) is 11.3 Å². The van der Waals surface area contributed by atoms with Crippen molar-refractivity contribution in [1.82, 2.24) is 20.6 Å². The van der Waals surface area contributed by atoms with E-state index in [4.69, 9.17) is 0 Å². The van der Waals surface area contributed by atoms with E-state index in [1.165, 1.54) is 23.9 Å². The molecule has 4 saturated carbocycles. The Morgan fingerprint density at radius 2 is 1.63 bits per heavy atom. The average Bonchev–Trinajstić information content (AvgIpc) is 2.73. The molecular weight excluding hydrogens is 380 g/mol. The maximum absolute atomic E-state index is 13.1. The summed E-state index contributed by atoms with van der Waals surface area (Å²) in [6.07, 6.45) is 7.31. The molecule has 2 aromatic rings. The molecule has 1 heterocycles. The molecule has 4 bridgehead atoms. The first kappa shape index (κ1) is 19.3. The third-order valence-corrected chi connectivity index (χ3v) is 7.33. The first-order valence-corrected chi connectivity index (χ1v) is 11.1. The van der Waals surface area contributed by atoms with Crippen molar-refractivity contribution in [1.29, 1.82) is 0 Å². The first-order chi connectivity index (χ1) is 14.5. The fraction of sp³-hybridized carbons (Fsp3) is 0.565. The van der Waals surface area contributed by atoms with Gasteiger partial charge in [-0.2, -0.15) is 5.10 Å². The summed E-state index contributed by atoms with van der Waals surface area (Å²) in [5, 5.41) is 5.25. The largest absolute Gasteiger partial charge is 0.290 e. The lowest BCUT2D eigenvalue weighted by Crippen LogP contribution is -2.56. The van der Waals surface area contributed by atoms with Gasteiger partial charge in [0, 0.05) is 11.9 Å². The van der Waals surface area contributed by atoms with E-state index in [0.717, 1.165) is 25.7 Å². The van der Waals surface area contributed by atoms with E-state index < -0.39 is 5.91 Å². The van der Waals surface area contributed by atoms with Crippen LogP contribution in [0.1, 0.15) is 62.4 Å². The van der Waals surface area contributed by atoms with Crippen molar-refractivity contribution >= 4 is 22.6 Å². The zero-order valence-corrected chi connectivity index (χ0v) is 17.3. The average molecular weight is 409 g/mol. The number of hydrogen-bond donors (Lipinski definition) is 2. The molecule has 4 aliphatic carbocycles. The molecule has 30 heavy (non-hydrogen) atoms. The summed E-state index contributed by atoms with van der Waals surface area (Å²) < 4.78 is 1.33. The lowest BCUT2D eigenvalue weighted by molar-refractivity contribution is -0.147. The van der Waals surface area contributed by atoms with E-state index >= 15 is 0 Å². The van der Waals surface area contributed by atoms with Gasteiger partial charge in [-0.3, -0.25) is 25.2 Å². The van der Waals surface area contributed by atoms with Gasteiger partial charge in [0.1, 0.15) is 0 Å². The summed E-state index contributed by atoms with van der Waals surface area (Å²) in [5.41, 5.74) is 4.91. The van der Waals surface area contributed by atoms with Gasteiger partial charge in [-0.1, -0.05) is 25.1 Å². The number of aromatic nitrogens is 2. The standard InChI is InChI=1S/C23H28N4O3/c1-2-7-27-21(29)18-6-4-3-5-17(18)19(26-27)20(28)24-25-22(30)23-11-14-8-15(12-23)10-16(9-14)13-23/h3-6,14-16H,2,7-13H2,1H3,(H,24,28)(H,25,30). The van der Waals surface area contributed by atoms with E-state index in [2.05, 4.69) is 16.0 Å². The van der Waals surface area contributed by atoms with Gasteiger partial charge in [0.05, 0.1) is 10.8 Å². The van der Waals surface area contributed by atoms with Gasteiger partial charge in [-0.15, -0.1) is 0 Å². The third kappa shape index (κ3) is 3.11. The molecule has 1 aromatic carbocycles. The lowest BCUT2D eigenvalue weighted by atomic mass is 9.49. The maximum Gasteiger partial charge on any atom is 0.290 e. The van der Waals surface area contributed by atoms with E-state index in [9.17, 15) is 14.4 Å². The van der Waals surface area contributed by atoms with Crippen molar-refractivity contribution in [2.45, 2.75) is 58.4 Å². The van der Waals surface area contributed by atoms with Crippen molar-refractivity contribution in [3.8, 4) is 0 Å². The molecule has 4 fully saturated rings. The summed E-state index contributed by atoms with van der Waals surface area (Å²) in [5.74, 6) is 1.40. The molecule has 0 atom stereocenters. The summed E-state index contributed by atoms with van der Waals surface area (Å²) in [4.78, 5) is 38.7. The monoisotopic (exact) mass is 408 g/mol. The van der Waals surface area contributed by atoms with Crippen LogP contribution < -0.4 is 16.4 Å². The minimum Gasteiger partial charge on any atom is -0.273 e. The number of rotatable bonds is 4. The SMILES string of the molecule is CCCn1nc(C(=O)NNC(=O)C23CC4CC(CC(C4)C2)C3)c2ccccc2c1=O. The molecule has 0 spiro atoms. The Morgan fingerprint density at radius 1 is 1.03 bits per heavy atom. The second-order valence-electron chi connectivity index (χ2n) is 9.53. The smallest absolute Gasteiger partial charge is 0.273 e. The Morgan fingerprint density at radius 3 is 2.23 bits per heavy atom. The highest BCUT2D eigenvalue weighted by Crippen LogP contribution is 2.60. The molecule has 7 nitrogen and oxygen atoms in total. The van der Waals surface area contributed by atoms with Gasteiger partial charge in [-0.25, -0.2) is 4.68 Å². The minimum atomic E-state index is -0.492. The van der Waals surface area contributed by atoms with Crippen LogP contribution in [0, 0.1) is 23.2 Å². The number of nitrogens with one attached hydrogen (secondary N) is 2. The van der Waals surface area contributed by atoms with Crippen molar-refractivity contribution in [2.24, 2.45) is 23.2 Å². The first-order valence-electron chi connectivity index (χ1n) is 11.1. The second-order valence-corrected chi connectivity index (χ2v) is 9.53. The molecule has 0 saturated heterocycles. The van der Waals surface area contributed by atoms with Crippen LogP contribution in [0.15, 0.2) is 29.1 Å². The predicted octanol–water partition coefficient (Wildman–Crippen LogP) is 2.78. The number of hydrogen-bond acceptors (Lipinski definition) is 4. The molecule has 1 aromatic heterocycles. The Bertz CT molecular complexity index is 1040. The van der Waals surface area contributed by atoms with Gasteiger partial charge in [-0.05, 0) is 68.8 Å². The number of carbonyl (C=O) groups is 2. The molecule has 6 rings (SSSR count). The molecule has 2 N–H and O–H groups in total. The Hall–Kier alpha value is -2.70. The number of aryl methyl sites for hydroxylation is 1. The topological polar surface area (TPSA) is 93.1 Å². The molecule has 4 aliphatic rings. The van der Waals surface area contributed by atoms with Crippen LogP contribution >= 0.6 is 0 Å². The third-order valence-electron chi connectivity index (χ3n) is 7.33. The van der Waals surface area contributed by atoms with Crippen LogP contribution in [-0.4, -0.2) is 21.6 Å². The van der Waals surface area contributed by atoms with E-state index in [1.54, 1.807) is 24.3 Å². The molecule has 158 valence electrons. The molecule has 0 aliphatic heterocycles. The summed E-state index contributed by atoms with van der Waals surface area (Å²) in [6, 6.07) is 6.97. The lowest BCUT2D eigenvalue weighted by Gasteiger charge is -2.55. The van der Waals surface area contributed by atoms with E-state index in [0.29, 0.717) is 35.1 Å². The Balaban J connectivity index is 1.37. The normalized spacial score (nSPS) is 29.2. The van der Waals surface area contributed by atoms with Crippen molar-refractivity contribution in [3.05, 3.63) is 40.3 Å². The van der Waals surface area contributed by atoms with Gasteiger partial charge in [0.2, 0.25) is 5.91 Å². The molecule has 2 amide bonds. The second kappa shape index (κ2) is 7.22. The fourth-order valence-corrected chi connectivity index (χ4v) is 6.46. The highest BCUT2D eigenvalue weighted by atomic mass is 16.2. The molecule has 7 heteroatoms. The molecule has 0 radical (unpaired) electrons. The molecule has 0 unspecified atom stereocenters. The summed E-state index contributed by atoms with van der Waals surface area (Å²) >= 11 is 0. The maximum atomic E-state index is 13.1. The van der Waals surface area contributed by atoms with Crippen LogP contribution in [0.4, 0.5) is 0 Å².